The maximum Gasteiger partial charge on any atom is 0.167 e. The molecule has 2 rings (SSSR count). The van der Waals surface area contributed by atoms with Gasteiger partial charge < -0.3 is 5.32 Å². The predicted molar refractivity (Wildman–Crippen MR) is 76.0 cm³/mol. The first kappa shape index (κ1) is 12.8. The summed E-state index contributed by atoms with van der Waals surface area (Å²) in [5.41, 5.74) is 0.843. The van der Waals surface area contributed by atoms with Gasteiger partial charge in [-0.3, -0.25) is 4.79 Å². The summed E-state index contributed by atoms with van der Waals surface area (Å²) in [7, 11) is 1.89. The van der Waals surface area contributed by atoms with Crippen LogP contribution in [0.5, 0.6) is 0 Å². The maximum atomic E-state index is 12.5. The van der Waals surface area contributed by atoms with Crippen molar-refractivity contribution in [1.82, 2.24) is 5.32 Å². The van der Waals surface area contributed by atoms with Gasteiger partial charge in [-0.25, -0.2) is 0 Å². The summed E-state index contributed by atoms with van der Waals surface area (Å²) < 4.78 is 0. The second-order valence-corrected chi connectivity index (χ2v) is 4.55. The van der Waals surface area contributed by atoms with Gasteiger partial charge >= 0.3 is 0 Å². The summed E-state index contributed by atoms with van der Waals surface area (Å²) in [6.07, 6.45) is 0.864. The van der Waals surface area contributed by atoms with Gasteiger partial charge in [0.25, 0.3) is 0 Å². The third-order valence-electron chi connectivity index (χ3n) is 3.37. The molecule has 1 atom stereocenters. The number of hydrogen-bond donors (Lipinski definition) is 1. The lowest BCUT2D eigenvalue weighted by molar-refractivity contribution is 0.0918. The van der Waals surface area contributed by atoms with Crippen LogP contribution < -0.4 is 5.32 Å². The number of hydrogen-bond acceptors (Lipinski definition) is 2. The van der Waals surface area contributed by atoms with Crippen LogP contribution in [0.4, 0.5) is 0 Å². The predicted octanol–water partition coefficient (Wildman–Crippen LogP) is 3.27. The third kappa shape index (κ3) is 2.44. The van der Waals surface area contributed by atoms with E-state index in [-0.39, 0.29) is 11.7 Å². The van der Waals surface area contributed by atoms with Gasteiger partial charge in [0.2, 0.25) is 0 Å². The topological polar surface area (TPSA) is 29.1 Å². The van der Waals surface area contributed by atoms with Crippen molar-refractivity contribution in [3.63, 3.8) is 0 Å². The Balaban J connectivity index is 2.44. The molecule has 0 aliphatic rings. The van der Waals surface area contributed by atoms with Gasteiger partial charge in [0.15, 0.2) is 5.78 Å². The Morgan fingerprint density at radius 1 is 1.17 bits per heavy atom. The Bertz CT molecular complexity index is 542. The molecule has 0 aliphatic heterocycles. The Morgan fingerprint density at radius 2 is 1.89 bits per heavy atom. The fraction of sp³-hybridized carbons (Fsp3) is 0.312. The van der Waals surface area contributed by atoms with Gasteiger partial charge in [-0.1, -0.05) is 49.4 Å². The zero-order valence-electron chi connectivity index (χ0n) is 10.9. The molecule has 94 valence electrons. The molecule has 2 aromatic carbocycles. The smallest absolute Gasteiger partial charge is 0.167 e. The quantitative estimate of drug-likeness (QED) is 0.814. The number of Topliss-reactive ketones (excluding diaryl/α,β-unsaturated/α-hetero) is 1. The van der Waals surface area contributed by atoms with Crippen LogP contribution in [-0.4, -0.2) is 19.4 Å². The van der Waals surface area contributed by atoms with Gasteiger partial charge in [-0.15, -0.1) is 0 Å². The molecule has 0 aromatic heterocycles. The van der Waals surface area contributed by atoms with Gasteiger partial charge in [-0.2, -0.15) is 0 Å². The van der Waals surface area contributed by atoms with Crippen LogP contribution in [0.1, 0.15) is 23.7 Å². The Labute approximate surface area is 108 Å². The van der Waals surface area contributed by atoms with E-state index in [4.69, 9.17) is 0 Å². The molecular formula is C16H19NO. The molecule has 2 aromatic rings. The van der Waals surface area contributed by atoms with Crippen LogP contribution in [0.15, 0.2) is 42.5 Å². The van der Waals surface area contributed by atoms with Gasteiger partial charge in [-0.05, 0) is 24.2 Å². The van der Waals surface area contributed by atoms with Crippen molar-refractivity contribution in [1.29, 1.82) is 0 Å². The molecule has 2 heteroatoms. The molecule has 0 radical (unpaired) electrons. The number of benzene rings is 2. The van der Waals surface area contributed by atoms with Crippen molar-refractivity contribution in [3.8, 4) is 0 Å². The summed E-state index contributed by atoms with van der Waals surface area (Å²) in [5, 5.41) is 5.28. The average molecular weight is 241 g/mol. The molecular weight excluding hydrogens is 222 g/mol. The second-order valence-electron chi connectivity index (χ2n) is 4.55. The molecule has 0 spiro atoms. The lowest BCUT2D eigenvalue weighted by Gasteiger charge is -2.14. The number of rotatable bonds is 5. The van der Waals surface area contributed by atoms with Crippen molar-refractivity contribution >= 4 is 16.6 Å². The van der Waals surface area contributed by atoms with Crippen LogP contribution in [0.2, 0.25) is 0 Å². The first-order valence-corrected chi connectivity index (χ1v) is 6.44. The van der Waals surface area contributed by atoms with E-state index in [9.17, 15) is 4.79 Å². The lowest BCUT2D eigenvalue weighted by Crippen LogP contribution is -2.25. The molecule has 0 saturated heterocycles. The molecule has 2 nitrogen and oxygen atoms in total. The van der Waals surface area contributed by atoms with E-state index >= 15 is 0 Å². The van der Waals surface area contributed by atoms with Crippen molar-refractivity contribution < 1.29 is 4.79 Å². The SMILES string of the molecule is CCC(CNC)C(=O)c1cccc2ccccc12. The van der Waals surface area contributed by atoms with Crippen molar-refractivity contribution in [3.05, 3.63) is 48.0 Å². The molecule has 0 bridgehead atoms. The van der Waals surface area contributed by atoms with E-state index in [1.165, 1.54) is 0 Å². The van der Waals surface area contributed by atoms with Crippen molar-refractivity contribution in [2.45, 2.75) is 13.3 Å². The van der Waals surface area contributed by atoms with E-state index in [2.05, 4.69) is 12.2 Å². The van der Waals surface area contributed by atoms with E-state index in [1.807, 2.05) is 49.5 Å². The lowest BCUT2D eigenvalue weighted by atomic mass is 9.92. The maximum absolute atomic E-state index is 12.5. The molecule has 0 aliphatic carbocycles. The summed E-state index contributed by atoms with van der Waals surface area (Å²) in [5.74, 6) is 0.296. The number of carbonyl (C=O) groups excluding carboxylic acids is 1. The summed E-state index contributed by atoms with van der Waals surface area (Å²) in [6, 6.07) is 14.0. The highest BCUT2D eigenvalue weighted by molar-refractivity contribution is 6.09. The van der Waals surface area contributed by atoms with Crippen LogP contribution in [0, 0.1) is 5.92 Å². The highest BCUT2D eigenvalue weighted by Gasteiger charge is 2.19. The standard InChI is InChI=1S/C16H19NO/c1-3-12(11-17-2)16(18)15-10-6-8-13-7-4-5-9-14(13)15/h4-10,12,17H,3,11H2,1-2H3. The Morgan fingerprint density at radius 3 is 2.61 bits per heavy atom. The van der Waals surface area contributed by atoms with Crippen molar-refractivity contribution in [2.24, 2.45) is 5.92 Å². The fourth-order valence-corrected chi connectivity index (χ4v) is 2.33. The third-order valence-corrected chi connectivity index (χ3v) is 3.37. The van der Waals surface area contributed by atoms with Crippen LogP contribution >= 0.6 is 0 Å². The summed E-state index contributed by atoms with van der Waals surface area (Å²) >= 11 is 0. The van der Waals surface area contributed by atoms with Gasteiger partial charge in [0, 0.05) is 18.0 Å². The van der Waals surface area contributed by atoms with E-state index in [1.54, 1.807) is 0 Å². The molecule has 1 unspecified atom stereocenters. The fourth-order valence-electron chi connectivity index (χ4n) is 2.33. The van der Waals surface area contributed by atoms with Crippen molar-refractivity contribution in [2.75, 3.05) is 13.6 Å². The van der Waals surface area contributed by atoms with E-state index in [0.29, 0.717) is 0 Å². The van der Waals surface area contributed by atoms with Gasteiger partial charge in [0.05, 0.1) is 0 Å². The molecule has 18 heavy (non-hydrogen) atoms. The van der Waals surface area contributed by atoms with Crippen LogP contribution in [0.3, 0.4) is 0 Å². The monoisotopic (exact) mass is 241 g/mol. The first-order chi connectivity index (χ1) is 8.77. The van der Waals surface area contributed by atoms with E-state index in [0.717, 1.165) is 29.3 Å². The zero-order chi connectivity index (χ0) is 13.0. The second kappa shape index (κ2) is 5.78. The normalized spacial score (nSPS) is 12.6. The zero-order valence-corrected chi connectivity index (χ0v) is 10.9. The van der Waals surface area contributed by atoms with Gasteiger partial charge in [0.1, 0.15) is 0 Å². The molecule has 0 heterocycles. The highest BCUT2D eigenvalue weighted by atomic mass is 16.1. The average Bonchev–Trinajstić information content (AvgIpc) is 2.43. The van der Waals surface area contributed by atoms with E-state index < -0.39 is 0 Å². The number of fused-ring (bicyclic) bond motifs is 1. The largest absolute Gasteiger partial charge is 0.319 e. The molecule has 0 saturated carbocycles. The summed E-state index contributed by atoms with van der Waals surface area (Å²) in [6.45, 7) is 2.80. The highest BCUT2D eigenvalue weighted by Crippen LogP contribution is 2.22. The number of carbonyl (C=O) groups is 1. The minimum atomic E-state index is 0.0563. The number of nitrogens with one attached hydrogen (secondary N) is 1. The Hall–Kier alpha value is -1.67. The van der Waals surface area contributed by atoms with Crippen LogP contribution in [0.25, 0.3) is 10.8 Å². The summed E-state index contributed by atoms with van der Waals surface area (Å²) in [4.78, 5) is 12.5. The molecule has 1 N–H and O–H groups in total. The Kier molecular flexibility index (Phi) is 4.11. The molecule has 0 amide bonds. The van der Waals surface area contributed by atoms with Crippen LogP contribution in [-0.2, 0) is 0 Å². The first-order valence-electron chi connectivity index (χ1n) is 6.44. The number of ketones is 1. The molecule has 0 fully saturated rings. The minimum absolute atomic E-state index is 0.0563. The minimum Gasteiger partial charge on any atom is -0.319 e.